The minimum Gasteiger partial charge on any atom is -0.339 e. The lowest BCUT2D eigenvalue weighted by Gasteiger charge is -2.36. The molecule has 1 aliphatic carbocycles. The number of hydrogen-bond donors (Lipinski definition) is 1. The van der Waals surface area contributed by atoms with Crippen LogP contribution in [0, 0.1) is 0 Å². The van der Waals surface area contributed by atoms with Gasteiger partial charge in [0.15, 0.2) is 0 Å². The maximum Gasteiger partial charge on any atom is 0.317 e. The fourth-order valence-corrected chi connectivity index (χ4v) is 3.47. The first-order valence-corrected chi connectivity index (χ1v) is 8.57. The van der Waals surface area contributed by atoms with Gasteiger partial charge in [0.1, 0.15) is 0 Å². The molecule has 1 aromatic rings. The van der Waals surface area contributed by atoms with E-state index in [4.69, 9.17) is 0 Å². The van der Waals surface area contributed by atoms with Crippen LogP contribution in [0.15, 0.2) is 24.3 Å². The number of carbonyl (C=O) groups excluding carboxylic acids is 2. The number of hydrogen-bond acceptors (Lipinski definition) is 2. The fraction of sp³-hybridized carbons (Fsp3) is 0.556. The average Bonchev–Trinajstić information content (AvgIpc) is 2.61. The third kappa shape index (κ3) is 3.66. The van der Waals surface area contributed by atoms with Crippen LogP contribution < -0.4 is 5.32 Å². The number of piperazine rings is 1. The Balaban J connectivity index is 1.50. The summed E-state index contributed by atoms with van der Waals surface area (Å²) in [6.45, 7) is 4.42. The van der Waals surface area contributed by atoms with Gasteiger partial charge < -0.3 is 15.1 Å². The smallest absolute Gasteiger partial charge is 0.317 e. The van der Waals surface area contributed by atoms with Gasteiger partial charge in [0.2, 0.25) is 5.91 Å². The molecular weight excluding hydrogens is 290 g/mol. The number of nitrogens with one attached hydrogen (secondary N) is 1. The molecule has 1 N–H and O–H groups in total. The summed E-state index contributed by atoms with van der Waals surface area (Å²) in [6, 6.07) is 8.70. The minimum absolute atomic E-state index is 0.0120. The molecule has 0 radical (unpaired) electrons. The van der Waals surface area contributed by atoms with Crippen LogP contribution >= 0.6 is 0 Å². The van der Waals surface area contributed by atoms with E-state index in [9.17, 15) is 9.59 Å². The van der Waals surface area contributed by atoms with E-state index in [0.717, 1.165) is 19.3 Å². The lowest BCUT2D eigenvalue weighted by atomic mass is 9.88. The highest BCUT2D eigenvalue weighted by molar-refractivity contribution is 5.77. The van der Waals surface area contributed by atoms with Gasteiger partial charge in [-0.05, 0) is 30.4 Å². The molecule has 0 bridgehead atoms. The molecule has 0 saturated carbocycles. The van der Waals surface area contributed by atoms with Gasteiger partial charge in [-0.3, -0.25) is 4.79 Å². The van der Waals surface area contributed by atoms with Crippen LogP contribution in [0.1, 0.15) is 30.9 Å². The second kappa shape index (κ2) is 7.02. The summed E-state index contributed by atoms with van der Waals surface area (Å²) in [5.74, 6) is 0.175. The highest BCUT2D eigenvalue weighted by Crippen LogP contribution is 2.21. The molecule has 23 heavy (non-hydrogen) atoms. The summed E-state index contributed by atoms with van der Waals surface area (Å²) in [6.07, 6.45) is 3.47. The predicted molar refractivity (Wildman–Crippen MR) is 89.2 cm³/mol. The molecule has 1 fully saturated rings. The van der Waals surface area contributed by atoms with E-state index in [2.05, 4.69) is 29.6 Å². The van der Waals surface area contributed by atoms with Gasteiger partial charge in [-0.2, -0.15) is 0 Å². The van der Waals surface area contributed by atoms with Crippen molar-refractivity contribution in [3.05, 3.63) is 35.4 Å². The summed E-state index contributed by atoms with van der Waals surface area (Å²) < 4.78 is 0. The third-order valence-corrected chi connectivity index (χ3v) is 4.90. The molecule has 3 rings (SSSR count). The van der Waals surface area contributed by atoms with Gasteiger partial charge in [-0.25, -0.2) is 4.79 Å². The van der Waals surface area contributed by atoms with Crippen molar-refractivity contribution >= 4 is 11.9 Å². The van der Waals surface area contributed by atoms with E-state index in [1.54, 1.807) is 0 Å². The van der Waals surface area contributed by atoms with Crippen molar-refractivity contribution in [3.63, 3.8) is 0 Å². The van der Waals surface area contributed by atoms with Crippen LogP contribution in [-0.2, 0) is 17.6 Å². The van der Waals surface area contributed by atoms with Crippen molar-refractivity contribution in [1.82, 2.24) is 15.1 Å². The molecular formula is C18H25N3O2. The molecule has 1 aromatic carbocycles. The molecule has 1 aliphatic heterocycles. The summed E-state index contributed by atoms with van der Waals surface area (Å²) in [7, 11) is 0. The van der Waals surface area contributed by atoms with E-state index in [-0.39, 0.29) is 18.0 Å². The van der Waals surface area contributed by atoms with Crippen molar-refractivity contribution in [2.24, 2.45) is 0 Å². The van der Waals surface area contributed by atoms with E-state index in [1.807, 2.05) is 16.7 Å². The first kappa shape index (κ1) is 15.8. The summed E-state index contributed by atoms with van der Waals surface area (Å²) >= 11 is 0. The number of benzene rings is 1. The Bertz CT molecular complexity index is 579. The maximum absolute atomic E-state index is 12.4. The van der Waals surface area contributed by atoms with Gasteiger partial charge >= 0.3 is 6.03 Å². The van der Waals surface area contributed by atoms with Crippen molar-refractivity contribution in [3.8, 4) is 0 Å². The first-order chi connectivity index (χ1) is 11.2. The highest BCUT2D eigenvalue weighted by Gasteiger charge is 2.26. The molecule has 2 aliphatic rings. The Hall–Kier alpha value is -2.04. The van der Waals surface area contributed by atoms with E-state index < -0.39 is 0 Å². The molecule has 5 heteroatoms. The lowest BCUT2D eigenvalue weighted by molar-refractivity contribution is -0.132. The summed E-state index contributed by atoms with van der Waals surface area (Å²) in [5.41, 5.74) is 2.76. The average molecular weight is 315 g/mol. The Kier molecular flexibility index (Phi) is 4.84. The Labute approximate surface area is 137 Å². The lowest BCUT2D eigenvalue weighted by Crippen LogP contribution is -2.55. The number of fused-ring (bicyclic) bond motifs is 1. The zero-order valence-corrected chi connectivity index (χ0v) is 13.8. The van der Waals surface area contributed by atoms with Crippen LogP contribution in [-0.4, -0.2) is 54.0 Å². The van der Waals surface area contributed by atoms with Crippen molar-refractivity contribution in [1.29, 1.82) is 0 Å². The normalized spacial score (nSPS) is 20.8. The van der Waals surface area contributed by atoms with Crippen LogP contribution in [0.4, 0.5) is 4.79 Å². The molecule has 1 atom stereocenters. The molecule has 0 unspecified atom stereocenters. The van der Waals surface area contributed by atoms with E-state index >= 15 is 0 Å². The topological polar surface area (TPSA) is 52.7 Å². The monoisotopic (exact) mass is 315 g/mol. The predicted octanol–water partition coefficient (Wildman–Crippen LogP) is 1.81. The first-order valence-electron chi connectivity index (χ1n) is 8.57. The van der Waals surface area contributed by atoms with Crippen LogP contribution in [0.5, 0.6) is 0 Å². The zero-order valence-electron chi connectivity index (χ0n) is 13.8. The number of amides is 3. The van der Waals surface area contributed by atoms with Gasteiger partial charge in [-0.1, -0.05) is 31.2 Å². The van der Waals surface area contributed by atoms with Gasteiger partial charge in [0.25, 0.3) is 0 Å². The maximum atomic E-state index is 12.4. The summed E-state index contributed by atoms with van der Waals surface area (Å²) in [5, 5.41) is 3.17. The number of carbonyl (C=O) groups is 2. The largest absolute Gasteiger partial charge is 0.339 e. The number of rotatable bonds is 2. The quantitative estimate of drug-likeness (QED) is 0.905. The van der Waals surface area contributed by atoms with Crippen LogP contribution in [0.2, 0.25) is 0 Å². The fourth-order valence-electron chi connectivity index (χ4n) is 3.47. The minimum atomic E-state index is 0.0120. The van der Waals surface area contributed by atoms with Crippen LogP contribution in [0.3, 0.4) is 0 Å². The summed E-state index contributed by atoms with van der Waals surface area (Å²) in [4.78, 5) is 27.8. The molecule has 3 amide bonds. The standard InChI is InChI=1S/C18H25N3O2/c1-2-17(22)20-9-11-21(12-10-20)18(23)19-16-8-7-14-5-3-4-6-15(14)13-16/h3-6,16H,2,7-13H2,1H3,(H,19,23)/t16-/m0/s1. The highest BCUT2D eigenvalue weighted by atomic mass is 16.2. The van der Waals surface area contributed by atoms with Gasteiger partial charge in [0, 0.05) is 38.6 Å². The molecule has 1 saturated heterocycles. The van der Waals surface area contributed by atoms with E-state index in [1.165, 1.54) is 11.1 Å². The SMILES string of the molecule is CCC(=O)N1CCN(C(=O)N[C@H]2CCc3ccccc3C2)CC1. The number of urea groups is 1. The Morgan fingerprint density at radius 1 is 1.09 bits per heavy atom. The third-order valence-electron chi connectivity index (χ3n) is 4.90. The van der Waals surface area contributed by atoms with Crippen molar-refractivity contribution < 1.29 is 9.59 Å². The van der Waals surface area contributed by atoms with E-state index in [0.29, 0.717) is 32.6 Å². The second-order valence-electron chi connectivity index (χ2n) is 6.38. The Morgan fingerprint density at radius 2 is 1.74 bits per heavy atom. The molecule has 0 aromatic heterocycles. The van der Waals surface area contributed by atoms with Gasteiger partial charge in [0.05, 0.1) is 0 Å². The molecule has 0 spiro atoms. The van der Waals surface area contributed by atoms with Gasteiger partial charge in [-0.15, -0.1) is 0 Å². The Morgan fingerprint density at radius 3 is 2.43 bits per heavy atom. The zero-order chi connectivity index (χ0) is 16.2. The van der Waals surface area contributed by atoms with Crippen molar-refractivity contribution in [2.45, 2.75) is 38.6 Å². The van der Waals surface area contributed by atoms with Crippen LogP contribution in [0.25, 0.3) is 0 Å². The number of aryl methyl sites for hydroxylation is 1. The second-order valence-corrected chi connectivity index (χ2v) is 6.38. The molecule has 124 valence electrons. The number of nitrogens with zero attached hydrogens (tertiary/aromatic N) is 2. The molecule has 5 nitrogen and oxygen atoms in total. The van der Waals surface area contributed by atoms with Crippen molar-refractivity contribution in [2.75, 3.05) is 26.2 Å². The molecule has 1 heterocycles.